The van der Waals surface area contributed by atoms with Gasteiger partial charge in [-0.1, -0.05) is 49.4 Å². The van der Waals surface area contributed by atoms with Gasteiger partial charge in [-0.2, -0.15) is 0 Å². The molecular formula is C34H32N4O6S. The third-order valence-corrected chi connectivity index (χ3v) is 8.04. The molecule has 4 rings (SSSR count). The van der Waals surface area contributed by atoms with Crippen molar-refractivity contribution < 1.29 is 24.0 Å². The molecule has 230 valence electrons. The highest BCUT2D eigenvalue weighted by atomic mass is 32.2. The molecule has 45 heavy (non-hydrogen) atoms. The molecule has 4 aromatic carbocycles. The van der Waals surface area contributed by atoms with Crippen LogP contribution in [0.15, 0.2) is 108 Å². The number of methoxy groups -OCH3 is 1. The zero-order valence-electron chi connectivity index (χ0n) is 24.9. The summed E-state index contributed by atoms with van der Waals surface area (Å²) in [5, 5.41) is 19.1. The number of benzene rings is 4. The van der Waals surface area contributed by atoms with Crippen LogP contribution < -0.4 is 20.7 Å². The number of carbonyl (C=O) groups is 3. The topological polar surface area (TPSA) is 140 Å². The summed E-state index contributed by atoms with van der Waals surface area (Å²) >= 11 is 1.30. The van der Waals surface area contributed by atoms with E-state index in [1.54, 1.807) is 99.0 Å². The fourth-order valence-corrected chi connectivity index (χ4v) is 5.23. The van der Waals surface area contributed by atoms with Crippen LogP contribution in [0.25, 0.3) is 6.08 Å². The molecule has 0 spiro atoms. The number of nitro benzene ring substituents is 1. The van der Waals surface area contributed by atoms with Gasteiger partial charge in [-0.3, -0.25) is 24.5 Å². The number of non-ortho nitro benzene ring substituents is 1. The predicted molar refractivity (Wildman–Crippen MR) is 176 cm³/mol. The molecule has 1 unspecified atom stereocenters. The molecule has 0 fully saturated rings. The highest BCUT2D eigenvalue weighted by Crippen LogP contribution is 2.30. The number of ether oxygens (including phenoxy) is 1. The molecule has 0 aliphatic rings. The normalized spacial score (nSPS) is 11.7. The maximum absolute atomic E-state index is 13.5. The van der Waals surface area contributed by atoms with Crippen molar-refractivity contribution in [2.24, 2.45) is 0 Å². The summed E-state index contributed by atoms with van der Waals surface area (Å²) in [6.07, 6.45) is 2.06. The first kappa shape index (κ1) is 32.5. The van der Waals surface area contributed by atoms with E-state index in [1.807, 2.05) is 13.0 Å². The van der Waals surface area contributed by atoms with Gasteiger partial charge in [-0.25, -0.2) is 0 Å². The maximum Gasteiger partial charge on any atom is 0.272 e. The van der Waals surface area contributed by atoms with Gasteiger partial charge in [0.1, 0.15) is 11.4 Å². The van der Waals surface area contributed by atoms with E-state index in [1.165, 1.54) is 23.9 Å². The Balaban J connectivity index is 1.51. The quantitative estimate of drug-likeness (QED) is 0.0679. The van der Waals surface area contributed by atoms with Gasteiger partial charge < -0.3 is 20.7 Å². The molecule has 1 atom stereocenters. The van der Waals surface area contributed by atoms with Gasteiger partial charge in [-0.15, -0.1) is 11.8 Å². The summed E-state index contributed by atoms with van der Waals surface area (Å²) in [7, 11) is 1.56. The molecule has 3 amide bonds. The molecular weight excluding hydrogens is 592 g/mol. The molecule has 0 saturated carbocycles. The average molecular weight is 625 g/mol. The van der Waals surface area contributed by atoms with Gasteiger partial charge in [-0.05, 0) is 73.0 Å². The Morgan fingerprint density at radius 3 is 2.33 bits per heavy atom. The first-order valence-electron chi connectivity index (χ1n) is 14.0. The first-order valence-corrected chi connectivity index (χ1v) is 14.9. The van der Waals surface area contributed by atoms with Gasteiger partial charge in [0.05, 0.1) is 23.0 Å². The molecule has 0 aliphatic heterocycles. The Morgan fingerprint density at radius 2 is 1.67 bits per heavy atom. The summed E-state index contributed by atoms with van der Waals surface area (Å²) in [6, 6.07) is 26.9. The highest BCUT2D eigenvalue weighted by molar-refractivity contribution is 8.00. The first-order chi connectivity index (χ1) is 21.7. The zero-order chi connectivity index (χ0) is 32.3. The lowest BCUT2D eigenvalue weighted by atomic mass is 10.1. The highest BCUT2D eigenvalue weighted by Gasteiger charge is 2.21. The smallest absolute Gasteiger partial charge is 0.272 e. The van der Waals surface area contributed by atoms with Crippen LogP contribution in [0.4, 0.5) is 17.1 Å². The van der Waals surface area contributed by atoms with Crippen molar-refractivity contribution >= 4 is 52.6 Å². The number of carbonyl (C=O) groups excluding carboxylic acids is 3. The van der Waals surface area contributed by atoms with Gasteiger partial charge in [0.2, 0.25) is 5.91 Å². The SMILES string of the molecule is CCC(Sc1cccc(NC(=O)/C(=C\c2ccc(OC)cc2)NC(=O)c2ccccc2)c1)C(=O)Nc1cc([N+](=O)[O-])ccc1C. The third kappa shape index (κ3) is 9.04. The lowest BCUT2D eigenvalue weighted by Gasteiger charge is -2.17. The molecule has 0 aromatic heterocycles. The van der Waals surface area contributed by atoms with Crippen LogP contribution >= 0.6 is 11.8 Å². The van der Waals surface area contributed by atoms with Crippen LogP contribution in [-0.4, -0.2) is 35.0 Å². The molecule has 0 saturated heterocycles. The Labute approximate surface area is 265 Å². The van der Waals surface area contributed by atoms with Crippen molar-refractivity contribution in [3.63, 3.8) is 0 Å². The van der Waals surface area contributed by atoms with E-state index in [-0.39, 0.29) is 17.3 Å². The molecule has 0 heterocycles. The number of aryl methyl sites for hydroxylation is 1. The number of hydrogen-bond donors (Lipinski definition) is 3. The Kier molecular flexibility index (Phi) is 11.1. The molecule has 11 heteroatoms. The van der Waals surface area contributed by atoms with Crippen molar-refractivity contribution in [1.82, 2.24) is 5.32 Å². The van der Waals surface area contributed by atoms with Crippen molar-refractivity contribution in [2.45, 2.75) is 30.4 Å². The van der Waals surface area contributed by atoms with E-state index in [0.717, 1.165) is 4.90 Å². The van der Waals surface area contributed by atoms with Gasteiger partial charge >= 0.3 is 0 Å². The second-order valence-electron chi connectivity index (χ2n) is 9.89. The molecule has 3 N–H and O–H groups in total. The minimum Gasteiger partial charge on any atom is -0.497 e. The number of nitrogens with zero attached hydrogens (tertiary/aromatic N) is 1. The number of anilines is 2. The Hall–Kier alpha value is -5.42. The second kappa shape index (κ2) is 15.3. The summed E-state index contributed by atoms with van der Waals surface area (Å²) in [4.78, 5) is 51.0. The minimum atomic E-state index is -0.539. The minimum absolute atomic E-state index is 0.0326. The average Bonchev–Trinajstić information content (AvgIpc) is 3.05. The number of thioether (sulfide) groups is 1. The van der Waals surface area contributed by atoms with Crippen LogP contribution in [0.3, 0.4) is 0 Å². The predicted octanol–water partition coefficient (Wildman–Crippen LogP) is 6.83. The fraction of sp³-hybridized carbons (Fsp3) is 0.147. The summed E-state index contributed by atoms with van der Waals surface area (Å²) in [5.41, 5.74) is 2.54. The van der Waals surface area contributed by atoms with Crippen LogP contribution in [0.2, 0.25) is 0 Å². The summed E-state index contributed by atoms with van der Waals surface area (Å²) < 4.78 is 5.21. The van der Waals surface area contributed by atoms with Gasteiger partial charge in [0.25, 0.3) is 17.5 Å². The molecule has 4 aromatic rings. The molecule has 10 nitrogen and oxygen atoms in total. The number of hydrogen-bond acceptors (Lipinski definition) is 7. The van der Waals surface area contributed by atoms with E-state index in [0.29, 0.717) is 40.2 Å². The third-order valence-electron chi connectivity index (χ3n) is 6.68. The second-order valence-corrected chi connectivity index (χ2v) is 11.2. The zero-order valence-corrected chi connectivity index (χ0v) is 25.7. The monoisotopic (exact) mass is 624 g/mol. The number of rotatable bonds is 12. The van der Waals surface area contributed by atoms with Crippen molar-refractivity contribution in [3.05, 3.63) is 130 Å². The Bertz CT molecular complexity index is 1720. The van der Waals surface area contributed by atoms with E-state index in [2.05, 4.69) is 16.0 Å². The van der Waals surface area contributed by atoms with E-state index < -0.39 is 22.0 Å². The van der Waals surface area contributed by atoms with E-state index >= 15 is 0 Å². The maximum atomic E-state index is 13.5. The molecule has 0 radical (unpaired) electrons. The Morgan fingerprint density at radius 1 is 0.933 bits per heavy atom. The van der Waals surface area contributed by atoms with Crippen LogP contribution in [0.1, 0.15) is 34.8 Å². The van der Waals surface area contributed by atoms with Crippen molar-refractivity contribution in [1.29, 1.82) is 0 Å². The van der Waals surface area contributed by atoms with Crippen LogP contribution in [0, 0.1) is 17.0 Å². The van der Waals surface area contributed by atoms with Crippen LogP contribution in [0.5, 0.6) is 5.75 Å². The number of nitro groups is 1. The lowest BCUT2D eigenvalue weighted by Crippen LogP contribution is -2.30. The molecule has 0 bridgehead atoms. The number of nitrogens with one attached hydrogen (secondary N) is 3. The number of amides is 3. The van der Waals surface area contributed by atoms with Crippen molar-refractivity contribution in [3.8, 4) is 5.75 Å². The lowest BCUT2D eigenvalue weighted by molar-refractivity contribution is -0.384. The van der Waals surface area contributed by atoms with E-state index in [9.17, 15) is 24.5 Å². The van der Waals surface area contributed by atoms with Crippen LogP contribution in [-0.2, 0) is 9.59 Å². The molecule has 0 aliphatic carbocycles. The fourth-order valence-electron chi connectivity index (χ4n) is 4.21. The summed E-state index contributed by atoms with van der Waals surface area (Å²) in [6.45, 7) is 3.63. The standard InChI is InChI=1S/C34H32N4O6S/c1-4-31(34(41)36-29-21-26(38(42)43)16-13-22(29)2)45-28-12-8-11-25(20-28)35-33(40)30(19-23-14-17-27(44-3)18-15-23)37-32(39)24-9-6-5-7-10-24/h5-21,31H,4H2,1-3H3,(H,35,40)(H,36,41)(H,37,39)/b30-19+. The summed E-state index contributed by atoms with van der Waals surface area (Å²) in [5.74, 6) is -0.622. The largest absolute Gasteiger partial charge is 0.497 e. The van der Waals surface area contributed by atoms with Gasteiger partial charge in [0.15, 0.2) is 0 Å². The van der Waals surface area contributed by atoms with E-state index in [4.69, 9.17) is 4.74 Å². The van der Waals surface area contributed by atoms with Gasteiger partial charge in [0, 0.05) is 28.3 Å². The van der Waals surface area contributed by atoms with Crippen molar-refractivity contribution in [2.75, 3.05) is 17.7 Å².